The monoisotopic (exact) mass is 290 g/mol. The molecule has 1 atom stereocenters. The van der Waals surface area contributed by atoms with Crippen LogP contribution in [0.25, 0.3) is 0 Å². The molecule has 1 amide bonds. The van der Waals surface area contributed by atoms with Gasteiger partial charge in [0, 0.05) is 6.54 Å². The van der Waals surface area contributed by atoms with E-state index in [4.69, 9.17) is 0 Å². The maximum Gasteiger partial charge on any atom is 0.411 e. The van der Waals surface area contributed by atoms with Crippen molar-refractivity contribution in [1.29, 1.82) is 0 Å². The number of rotatable bonds is 5. The quantitative estimate of drug-likeness (QED) is 0.749. The highest BCUT2D eigenvalue weighted by atomic mass is 35.5. The fourth-order valence-corrected chi connectivity index (χ4v) is 1.63. The van der Waals surface area contributed by atoms with E-state index in [1.54, 1.807) is 0 Å². The topological polar surface area (TPSA) is 50.4 Å². The summed E-state index contributed by atoms with van der Waals surface area (Å²) in [6.45, 7) is -0.488. The minimum Gasteiger partial charge on any atom is -0.370 e. The first-order chi connectivity index (χ1) is 7.99. The van der Waals surface area contributed by atoms with E-state index in [9.17, 15) is 18.0 Å². The zero-order chi connectivity index (χ0) is 12.7. The van der Waals surface area contributed by atoms with Gasteiger partial charge < -0.3 is 15.4 Å². The normalized spacial score (nSPS) is 20.1. The van der Waals surface area contributed by atoms with Gasteiger partial charge in [-0.05, 0) is 19.4 Å². The first-order valence-corrected chi connectivity index (χ1v) is 5.64. The molecular weight excluding hydrogens is 273 g/mol. The summed E-state index contributed by atoms with van der Waals surface area (Å²) < 4.78 is 39.5. The fourth-order valence-electron chi connectivity index (χ4n) is 1.63. The molecule has 1 rings (SSSR count). The molecule has 4 nitrogen and oxygen atoms in total. The zero-order valence-corrected chi connectivity index (χ0v) is 10.7. The Labute approximate surface area is 110 Å². The number of piperidine rings is 1. The van der Waals surface area contributed by atoms with Crippen LogP contribution in [0.3, 0.4) is 0 Å². The molecule has 0 radical (unpaired) electrons. The van der Waals surface area contributed by atoms with E-state index in [2.05, 4.69) is 15.4 Å². The minimum atomic E-state index is -4.31. The van der Waals surface area contributed by atoms with Crippen molar-refractivity contribution in [3.8, 4) is 0 Å². The standard InChI is InChI=1S/C10H17F3N2O2.ClH/c11-10(12,13)7-17-6-5-15-9(16)8-3-1-2-4-14-8;/h8,14H,1-7H2,(H,15,16);1H/t8-;/m1./s1. The molecule has 2 N–H and O–H groups in total. The number of alkyl halides is 3. The maximum atomic E-state index is 11.7. The van der Waals surface area contributed by atoms with Gasteiger partial charge in [-0.2, -0.15) is 13.2 Å². The fraction of sp³-hybridized carbons (Fsp3) is 0.900. The Morgan fingerprint density at radius 2 is 2.11 bits per heavy atom. The van der Waals surface area contributed by atoms with Gasteiger partial charge in [0.2, 0.25) is 5.91 Å². The van der Waals surface area contributed by atoms with Crippen molar-refractivity contribution in [2.45, 2.75) is 31.5 Å². The van der Waals surface area contributed by atoms with Crippen LogP contribution >= 0.6 is 12.4 Å². The van der Waals surface area contributed by atoms with Crippen molar-refractivity contribution in [3.05, 3.63) is 0 Å². The van der Waals surface area contributed by atoms with Gasteiger partial charge in [0.1, 0.15) is 6.61 Å². The molecule has 0 bridgehead atoms. The zero-order valence-electron chi connectivity index (χ0n) is 9.89. The highest BCUT2D eigenvalue weighted by Crippen LogP contribution is 2.14. The van der Waals surface area contributed by atoms with Crippen molar-refractivity contribution in [2.24, 2.45) is 0 Å². The smallest absolute Gasteiger partial charge is 0.370 e. The van der Waals surface area contributed by atoms with Crippen LogP contribution in [0.15, 0.2) is 0 Å². The average molecular weight is 291 g/mol. The Balaban J connectivity index is 0.00000289. The summed E-state index contributed by atoms with van der Waals surface area (Å²) >= 11 is 0. The number of nitrogens with one attached hydrogen (secondary N) is 2. The van der Waals surface area contributed by atoms with Crippen LogP contribution in [0.1, 0.15) is 19.3 Å². The average Bonchev–Trinajstić information content (AvgIpc) is 2.28. The van der Waals surface area contributed by atoms with Gasteiger partial charge in [-0.1, -0.05) is 6.42 Å². The molecule has 1 aliphatic heterocycles. The second kappa shape index (κ2) is 8.55. The number of amides is 1. The Morgan fingerprint density at radius 3 is 2.67 bits per heavy atom. The van der Waals surface area contributed by atoms with Crippen molar-refractivity contribution < 1.29 is 22.7 Å². The molecule has 1 heterocycles. The maximum absolute atomic E-state index is 11.7. The van der Waals surface area contributed by atoms with Gasteiger partial charge in [0.15, 0.2) is 0 Å². The predicted octanol–water partition coefficient (Wildman–Crippen LogP) is 1.25. The summed E-state index contributed by atoms with van der Waals surface area (Å²) in [5.74, 6) is -0.166. The molecule has 8 heteroatoms. The molecule has 18 heavy (non-hydrogen) atoms. The molecule has 0 aromatic heterocycles. The summed E-state index contributed by atoms with van der Waals surface area (Å²) in [4.78, 5) is 11.5. The van der Waals surface area contributed by atoms with Crippen molar-refractivity contribution in [1.82, 2.24) is 10.6 Å². The molecular formula is C10H18ClF3N2O2. The van der Waals surface area contributed by atoms with E-state index < -0.39 is 12.8 Å². The first kappa shape index (κ1) is 17.5. The summed E-state index contributed by atoms with van der Waals surface area (Å²) in [7, 11) is 0. The summed E-state index contributed by atoms with van der Waals surface area (Å²) in [6.07, 6.45) is -1.49. The predicted molar refractivity (Wildman–Crippen MR) is 62.8 cm³/mol. The Hall–Kier alpha value is -0.530. The van der Waals surface area contributed by atoms with Crippen LogP contribution in [0.5, 0.6) is 0 Å². The second-order valence-corrected chi connectivity index (χ2v) is 3.96. The van der Waals surface area contributed by atoms with Crippen molar-refractivity contribution in [2.75, 3.05) is 26.3 Å². The van der Waals surface area contributed by atoms with E-state index >= 15 is 0 Å². The Kier molecular flexibility index (Phi) is 8.30. The number of halogens is 4. The van der Waals surface area contributed by atoms with E-state index in [-0.39, 0.29) is 37.5 Å². The Bertz CT molecular complexity index is 246. The lowest BCUT2D eigenvalue weighted by atomic mass is 10.0. The van der Waals surface area contributed by atoms with Gasteiger partial charge in [-0.3, -0.25) is 4.79 Å². The molecule has 1 saturated heterocycles. The van der Waals surface area contributed by atoms with Gasteiger partial charge in [-0.25, -0.2) is 0 Å². The SMILES string of the molecule is Cl.O=C(NCCOCC(F)(F)F)[C@H]1CCCCN1. The molecule has 1 aliphatic rings. The van der Waals surface area contributed by atoms with E-state index in [0.717, 1.165) is 25.8 Å². The van der Waals surface area contributed by atoms with Crippen LogP contribution in [0.2, 0.25) is 0 Å². The third kappa shape index (κ3) is 7.73. The van der Waals surface area contributed by atoms with Crippen molar-refractivity contribution >= 4 is 18.3 Å². The first-order valence-electron chi connectivity index (χ1n) is 5.64. The van der Waals surface area contributed by atoms with E-state index in [1.165, 1.54) is 0 Å². The van der Waals surface area contributed by atoms with Crippen LogP contribution in [0, 0.1) is 0 Å². The Morgan fingerprint density at radius 1 is 1.39 bits per heavy atom. The van der Waals surface area contributed by atoms with Crippen molar-refractivity contribution in [3.63, 3.8) is 0 Å². The molecule has 0 aromatic rings. The van der Waals surface area contributed by atoms with Crippen LogP contribution in [-0.2, 0) is 9.53 Å². The lowest BCUT2D eigenvalue weighted by molar-refractivity contribution is -0.173. The lowest BCUT2D eigenvalue weighted by Crippen LogP contribution is -2.47. The summed E-state index contributed by atoms with van der Waals surface area (Å²) in [5.41, 5.74) is 0. The van der Waals surface area contributed by atoms with Crippen LogP contribution in [-0.4, -0.2) is 44.4 Å². The molecule has 1 fully saturated rings. The van der Waals surface area contributed by atoms with E-state index in [1.807, 2.05) is 0 Å². The number of hydrogen-bond donors (Lipinski definition) is 2. The number of ether oxygens (including phenoxy) is 1. The molecule has 0 aromatic carbocycles. The molecule has 0 aliphatic carbocycles. The number of carbonyl (C=O) groups is 1. The highest BCUT2D eigenvalue weighted by Gasteiger charge is 2.27. The van der Waals surface area contributed by atoms with Crippen LogP contribution < -0.4 is 10.6 Å². The van der Waals surface area contributed by atoms with E-state index in [0.29, 0.717) is 0 Å². The lowest BCUT2D eigenvalue weighted by Gasteiger charge is -2.22. The number of carbonyl (C=O) groups excluding carboxylic acids is 1. The highest BCUT2D eigenvalue weighted by molar-refractivity contribution is 5.85. The minimum absolute atomic E-state index is 0. The van der Waals surface area contributed by atoms with Crippen LogP contribution in [0.4, 0.5) is 13.2 Å². The summed E-state index contributed by atoms with van der Waals surface area (Å²) in [6, 6.07) is -0.216. The molecule has 108 valence electrons. The molecule has 0 unspecified atom stereocenters. The summed E-state index contributed by atoms with van der Waals surface area (Å²) in [5, 5.41) is 5.60. The van der Waals surface area contributed by atoms with Gasteiger partial charge in [0.25, 0.3) is 0 Å². The third-order valence-electron chi connectivity index (χ3n) is 2.44. The second-order valence-electron chi connectivity index (χ2n) is 3.96. The van der Waals surface area contributed by atoms with Gasteiger partial charge >= 0.3 is 6.18 Å². The van der Waals surface area contributed by atoms with Gasteiger partial charge in [0.05, 0.1) is 12.6 Å². The molecule has 0 saturated carbocycles. The molecule has 0 spiro atoms. The van der Waals surface area contributed by atoms with Gasteiger partial charge in [-0.15, -0.1) is 12.4 Å². The number of hydrogen-bond acceptors (Lipinski definition) is 3. The largest absolute Gasteiger partial charge is 0.411 e. The third-order valence-corrected chi connectivity index (χ3v) is 2.44.